The second-order valence-electron chi connectivity index (χ2n) is 2.76. The van der Waals surface area contributed by atoms with Crippen molar-refractivity contribution in [1.29, 1.82) is 0 Å². The Labute approximate surface area is 66.6 Å². The molecule has 0 aliphatic heterocycles. The Bertz CT molecular complexity index is 179. The zero-order chi connectivity index (χ0) is 8.27. The van der Waals surface area contributed by atoms with Crippen molar-refractivity contribution in [3.8, 4) is 0 Å². The van der Waals surface area contributed by atoms with E-state index in [1.54, 1.807) is 0 Å². The van der Waals surface area contributed by atoms with Gasteiger partial charge in [0.25, 0.3) is 5.85 Å². The van der Waals surface area contributed by atoms with E-state index in [2.05, 4.69) is 0 Å². The molecule has 0 heterocycles. The van der Waals surface area contributed by atoms with Crippen LogP contribution in [0.25, 0.3) is 0 Å². The Hall–Kier alpha value is -0.240. The average molecular weight is 175 g/mol. The highest BCUT2D eigenvalue weighted by molar-refractivity contribution is 7.38. The first-order valence-electron chi connectivity index (χ1n) is 3.70. The number of hydrogen-bond acceptors (Lipinski definition) is 2. The van der Waals surface area contributed by atoms with E-state index in [0.717, 1.165) is 19.3 Å². The minimum atomic E-state index is -2.41. The third-order valence-electron chi connectivity index (χ3n) is 1.96. The van der Waals surface area contributed by atoms with Gasteiger partial charge in [0.05, 0.1) is 0 Å². The van der Waals surface area contributed by atoms with Crippen LogP contribution < -0.4 is 0 Å². The molecule has 0 bridgehead atoms. The first kappa shape index (κ1) is 8.85. The van der Waals surface area contributed by atoms with Crippen molar-refractivity contribution in [2.24, 2.45) is 5.92 Å². The summed E-state index contributed by atoms with van der Waals surface area (Å²) in [4.78, 5) is 8.61. The van der Waals surface area contributed by atoms with E-state index in [1.807, 2.05) is 12.2 Å². The van der Waals surface area contributed by atoms with Crippen molar-refractivity contribution in [2.45, 2.75) is 25.1 Å². The van der Waals surface area contributed by atoms with Crippen LogP contribution in [0.2, 0.25) is 0 Å². The van der Waals surface area contributed by atoms with Gasteiger partial charge in [0.15, 0.2) is 0 Å². The largest absolute Gasteiger partial charge is 0.537 e. The molecule has 0 spiro atoms. The molecule has 0 aromatic carbocycles. The van der Waals surface area contributed by atoms with Gasteiger partial charge in [-0.1, -0.05) is 12.2 Å². The summed E-state index contributed by atoms with van der Waals surface area (Å²) < 4.78 is 10.5. The molecule has 4 heteroatoms. The first-order valence-corrected chi connectivity index (χ1v) is 4.98. The van der Waals surface area contributed by atoms with Crippen LogP contribution in [0.15, 0.2) is 12.2 Å². The Balaban J connectivity index is 2.46. The van der Waals surface area contributed by atoms with E-state index in [0.29, 0.717) is 0 Å². The monoisotopic (exact) mass is 175 g/mol. The van der Waals surface area contributed by atoms with E-state index in [-0.39, 0.29) is 5.92 Å². The van der Waals surface area contributed by atoms with Gasteiger partial charge in [-0.3, -0.25) is 0 Å². The minimum absolute atomic E-state index is 0.0198. The lowest BCUT2D eigenvalue weighted by Crippen LogP contribution is -2.17. The van der Waals surface area contributed by atoms with Crippen molar-refractivity contribution < 1.29 is 14.6 Å². The highest BCUT2D eigenvalue weighted by atomic mass is 31.1. The molecule has 0 saturated carbocycles. The summed E-state index contributed by atoms with van der Waals surface area (Å²) in [6.07, 6.45) is 6.44. The van der Waals surface area contributed by atoms with Crippen molar-refractivity contribution in [2.75, 3.05) is 0 Å². The zero-order valence-electron chi connectivity index (χ0n) is 6.18. The normalized spacial score (nSPS) is 28.2. The number of aliphatic hydroxyl groups excluding tert-OH is 1. The fraction of sp³-hybridized carbons (Fsp3) is 0.714. The van der Waals surface area contributed by atoms with E-state index in [9.17, 15) is 9.67 Å². The molecule has 0 fully saturated rings. The van der Waals surface area contributed by atoms with E-state index in [1.165, 1.54) is 0 Å². The molecule has 11 heavy (non-hydrogen) atoms. The fourth-order valence-electron chi connectivity index (χ4n) is 1.27. The van der Waals surface area contributed by atoms with Crippen molar-refractivity contribution in [1.82, 2.24) is 0 Å². The maximum Gasteiger partial charge on any atom is 0.537 e. The molecule has 0 aromatic rings. The van der Waals surface area contributed by atoms with E-state index < -0.39 is 13.9 Å². The fourth-order valence-corrected chi connectivity index (χ4v) is 1.90. The summed E-state index contributed by atoms with van der Waals surface area (Å²) in [7, 11) is -2.41. The molecule has 2 N–H and O–H groups in total. The highest BCUT2D eigenvalue weighted by Crippen LogP contribution is 2.33. The molecule has 1 aliphatic carbocycles. The number of aliphatic hydroxyl groups is 1. The number of rotatable bonds is 2. The summed E-state index contributed by atoms with van der Waals surface area (Å²) in [6, 6.07) is 0. The van der Waals surface area contributed by atoms with Gasteiger partial charge in [-0.15, -0.1) is 0 Å². The predicted octanol–water partition coefficient (Wildman–Crippen LogP) is 1.40. The topological polar surface area (TPSA) is 57.5 Å². The predicted molar refractivity (Wildman–Crippen MR) is 42.3 cm³/mol. The molecule has 0 amide bonds. The molecule has 0 aromatic heterocycles. The lowest BCUT2D eigenvalue weighted by atomic mass is 9.95. The third kappa shape index (κ3) is 2.37. The summed E-state index contributed by atoms with van der Waals surface area (Å²) in [5.41, 5.74) is 0. The molecule has 0 radical (unpaired) electrons. The third-order valence-corrected chi connectivity index (χ3v) is 2.83. The standard InChI is InChI=1S/C7H11O3P/c8-7(11(9)10)6-4-2-1-3-5-6/h1-2,6-8H,3-5H2/p+1. The lowest BCUT2D eigenvalue weighted by Gasteiger charge is -2.14. The highest BCUT2D eigenvalue weighted by Gasteiger charge is 2.34. The first-order chi connectivity index (χ1) is 5.22. The van der Waals surface area contributed by atoms with Crippen LogP contribution >= 0.6 is 8.03 Å². The molecular formula is C7H12O3P+. The molecule has 1 aliphatic rings. The van der Waals surface area contributed by atoms with E-state index in [4.69, 9.17) is 4.89 Å². The van der Waals surface area contributed by atoms with Gasteiger partial charge in [0, 0.05) is 5.92 Å². The summed E-state index contributed by atoms with van der Waals surface area (Å²) >= 11 is 0. The van der Waals surface area contributed by atoms with Crippen molar-refractivity contribution >= 4 is 8.03 Å². The van der Waals surface area contributed by atoms with Crippen LogP contribution in [0.3, 0.4) is 0 Å². The van der Waals surface area contributed by atoms with Gasteiger partial charge in [-0.25, -0.2) is 0 Å². The van der Waals surface area contributed by atoms with Gasteiger partial charge >= 0.3 is 8.03 Å². The smallest absolute Gasteiger partial charge is 0.348 e. The maximum absolute atomic E-state index is 10.5. The summed E-state index contributed by atoms with van der Waals surface area (Å²) in [6.45, 7) is 0. The van der Waals surface area contributed by atoms with Crippen molar-refractivity contribution in [3.63, 3.8) is 0 Å². The van der Waals surface area contributed by atoms with Crippen molar-refractivity contribution in [3.05, 3.63) is 12.2 Å². The van der Waals surface area contributed by atoms with Crippen LogP contribution in [0.5, 0.6) is 0 Å². The van der Waals surface area contributed by atoms with Gasteiger partial charge in [0.1, 0.15) is 0 Å². The van der Waals surface area contributed by atoms with Crippen LogP contribution in [0, 0.1) is 5.92 Å². The molecule has 3 unspecified atom stereocenters. The Morgan fingerprint density at radius 2 is 2.27 bits per heavy atom. The van der Waals surface area contributed by atoms with Crippen LogP contribution in [-0.2, 0) is 4.57 Å². The second-order valence-corrected chi connectivity index (χ2v) is 3.89. The molecule has 3 atom stereocenters. The summed E-state index contributed by atoms with van der Waals surface area (Å²) in [5, 5.41) is 9.18. The van der Waals surface area contributed by atoms with Crippen LogP contribution in [-0.4, -0.2) is 15.8 Å². The Morgan fingerprint density at radius 3 is 2.73 bits per heavy atom. The maximum atomic E-state index is 10.5. The second kappa shape index (κ2) is 3.96. The molecule has 0 saturated heterocycles. The number of hydrogen-bond donors (Lipinski definition) is 2. The van der Waals surface area contributed by atoms with Gasteiger partial charge in [-0.05, 0) is 23.8 Å². The zero-order valence-corrected chi connectivity index (χ0v) is 7.08. The molecular weight excluding hydrogens is 163 g/mol. The lowest BCUT2D eigenvalue weighted by molar-refractivity contribution is 0.164. The van der Waals surface area contributed by atoms with Gasteiger partial charge in [-0.2, -0.15) is 4.89 Å². The average Bonchev–Trinajstić information content (AvgIpc) is 2.05. The molecule has 3 nitrogen and oxygen atoms in total. The van der Waals surface area contributed by atoms with Gasteiger partial charge in [0.2, 0.25) is 0 Å². The molecule has 62 valence electrons. The molecule has 1 rings (SSSR count). The van der Waals surface area contributed by atoms with Crippen LogP contribution in [0.4, 0.5) is 0 Å². The minimum Gasteiger partial charge on any atom is -0.348 e. The quantitative estimate of drug-likeness (QED) is 0.492. The number of allylic oxidation sites excluding steroid dienone is 2. The Morgan fingerprint density at radius 1 is 1.55 bits per heavy atom. The van der Waals surface area contributed by atoms with Crippen LogP contribution in [0.1, 0.15) is 19.3 Å². The van der Waals surface area contributed by atoms with Gasteiger partial charge < -0.3 is 5.11 Å². The summed E-state index contributed by atoms with van der Waals surface area (Å²) in [5.74, 6) is -1.05. The SMILES string of the molecule is O=[P+](O)C(O)C1CC=CCC1. The Kier molecular flexibility index (Phi) is 3.18. The van der Waals surface area contributed by atoms with E-state index >= 15 is 0 Å².